The lowest BCUT2D eigenvalue weighted by atomic mass is 10.2. The molecule has 1 aromatic heterocycles. The summed E-state index contributed by atoms with van der Waals surface area (Å²) in [5.41, 5.74) is 3.55. The number of nitrogens with zero attached hydrogens (tertiary/aromatic N) is 3. The molecule has 102 valence electrons. The van der Waals surface area contributed by atoms with Crippen LogP contribution in [0.3, 0.4) is 0 Å². The van der Waals surface area contributed by atoms with E-state index in [1.807, 2.05) is 6.07 Å². The molecule has 0 fully saturated rings. The lowest BCUT2D eigenvalue weighted by Crippen LogP contribution is -2.11. The number of rotatable bonds is 4. The molecule has 0 radical (unpaired) electrons. The van der Waals surface area contributed by atoms with Crippen molar-refractivity contribution in [3.63, 3.8) is 0 Å². The molecule has 2 rings (SSSR count). The number of hydrogen-bond donors (Lipinski definition) is 2. The minimum Gasteiger partial charge on any atom is -0.493 e. The summed E-state index contributed by atoms with van der Waals surface area (Å²) >= 11 is 0. The van der Waals surface area contributed by atoms with Gasteiger partial charge in [0.1, 0.15) is 0 Å². The Morgan fingerprint density at radius 2 is 2.05 bits per heavy atom. The van der Waals surface area contributed by atoms with Gasteiger partial charge >= 0.3 is 0 Å². The molecule has 0 saturated heterocycles. The van der Waals surface area contributed by atoms with Gasteiger partial charge < -0.3 is 9.47 Å². The summed E-state index contributed by atoms with van der Waals surface area (Å²) in [6.07, 6.45) is 0. The minimum atomic E-state index is 0.257. The third-order valence-corrected chi connectivity index (χ3v) is 2.47. The predicted octanol–water partition coefficient (Wildman–Crippen LogP) is 1.74. The molecule has 0 unspecified atom stereocenters. The number of benzene rings is 1. The van der Waals surface area contributed by atoms with E-state index in [1.54, 1.807) is 31.2 Å². The van der Waals surface area contributed by atoms with Crippen molar-refractivity contribution in [3.05, 3.63) is 35.5 Å². The summed E-state index contributed by atoms with van der Waals surface area (Å²) in [5, 5.41) is 8.85. The van der Waals surface area contributed by atoms with Crippen molar-refractivity contribution >= 4 is 5.95 Å². The second-order valence-corrected chi connectivity index (χ2v) is 3.90. The van der Waals surface area contributed by atoms with Crippen molar-refractivity contribution in [1.82, 2.24) is 9.97 Å². The third kappa shape index (κ3) is 2.93. The Morgan fingerprint density at radius 1 is 1.25 bits per heavy atom. The van der Waals surface area contributed by atoms with Crippen LogP contribution in [0, 0.1) is 18.3 Å². The molecule has 1 heterocycles. The molecule has 0 atom stereocenters. The van der Waals surface area contributed by atoms with Gasteiger partial charge in [0.15, 0.2) is 11.5 Å². The molecule has 0 saturated carbocycles. The summed E-state index contributed by atoms with van der Waals surface area (Å²) in [4.78, 5) is 8.14. The van der Waals surface area contributed by atoms with Crippen LogP contribution in [-0.2, 0) is 0 Å². The number of ether oxygens (including phenoxy) is 2. The smallest absolute Gasteiger partial charge is 0.240 e. The molecule has 3 N–H and O–H groups in total. The largest absolute Gasteiger partial charge is 0.493 e. The van der Waals surface area contributed by atoms with Crippen LogP contribution >= 0.6 is 0 Å². The van der Waals surface area contributed by atoms with E-state index in [1.165, 1.54) is 7.11 Å². The number of methoxy groups -OCH3 is 1. The standard InChI is InChI=1S/C13H13N5O2/c1-8-5-12(17-13(16-8)18-15)20-10-4-3-9(7-14)6-11(10)19-2/h3-6H,15H2,1-2H3,(H,16,17,18). The number of nitrogen functional groups attached to an aromatic ring is 1. The van der Waals surface area contributed by atoms with Gasteiger partial charge in [-0.2, -0.15) is 10.2 Å². The van der Waals surface area contributed by atoms with Gasteiger partial charge in [-0.05, 0) is 19.1 Å². The zero-order chi connectivity index (χ0) is 14.5. The molecule has 0 aliphatic carbocycles. The van der Waals surface area contributed by atoms with Crippen molar-refractivity contribution in [2.45, 2.75) is 6.92 Å². The zero-order valence-corrected chi connectivity index (χ0v) is 11.0. The van der Waals surface area contributed by atoms with Gasteiger partial charge in [0.2, 0.25) is 11.8 Å². The number of nitriles is 1. The fraction of sp³-hybridized carbons (Fsp3) is 0.154. The number of nitrogens with two attached hydrogens (primary N) is 1. The minimum absolute atomic E-state index is 0.257. The van der Waals surface area contributed by atoms with E-state index in [2.05, 4.69) is 15.4 Å². The quantitative estimate of drug-likeness (QED) is 0.644. The van der Waals surface area contributed by atoms with Crippen LogP contribution in [0.15, 0.2) is 24.3 Å². The van der Waals surface area contributed by atoms with Gasteiger partial charge in [0.25, 0.3) is 0 Å². The van der Waals surface area contributed by atoms with E-state index >= 15 is 0 Å². The van der Waals surface area contributed by atoms with Crippen molar-refractivity contribution in [1.29, 1.82) is 5.26 Å². The van der Waals surface area contributed by atoms with E-state index in [-0.39, 0.29) is 5.95 Å². The van der Waals surface area contributed by atoms with E-state index < -0.39 is 0 Å². The highest BCUT2D eigenvalue weighted by atomic mass is 16.5. The maximum Gasteiger partial charge on any atom is 0.240 e. The SMILES string of the molecule is COc1cc(C#N)ccc1Oc1cc(C)nc(NN)n1. The highest BCUT2D eigenvalue weighted by molar-refractivity contribution is 5.48. The Kier molecular flexibility index (Phi) is 3.98. The van der Waals surface area contributed by atoms with E-state index in [4.69, 9.17) is 20.6 Å². The maximum absolute atomic E-state index is 8.85. The summed E-state index contributed by atoms with van der Waals surface area (Å²) in [6.45, 7) is 1.80. The fourth-order valence-corrected chi connectivity index (χ4v) is 1.59. The molecular formula is C13H13N5O2. The second-order valence-electron chi connectivity index (χ2n) is 3.90. The number of aromatic nitrogens is 2. The Morgan fingerprint density at radius 3 is 2.70 bits per heavy atom. The molecule has 7 heteroatoms. The molecular weight excluding hydrogens is 258 g/mol. The lowest BCUT2D eigenvalue weighted by molar-refractivity contribution is 0.374. The maximum atomic E-state index is 8.85. The van der Waals surface area contributed by atoms with Gasteiger partial charge in [-0.3, -0.25) is 5.43 Å². The van der Waals surface area contributed by atoms with Crippen molar-refractivity contribution < 1.29 is 9.47 Å². The average molecular weight is 271 g/mol. The lowest BCUT2D eigenvalue weighted by Gasteiger charge is -2.10. The summed E-state index contributed by atoms with van der Waals surface area (Å²) in [7, 11) is 1.50. The van der Waals surface area contributed by atoms with E-state index in [0.717, 1.165) is 0 Å². The van der Waals surface area contributed by atoms with E-state index in [0.29, 0.717) is 28.6 Å². The normalized spacial score (nSPS) is 9.70. The molecule has 0 bridgehead atoms. The highest BCUT2D eigenvalue weighted by Crippen LogP contribution is 2.31. The molecule has 7 nitrogen and oxygen atoms in total. The third-order valence-electron chi connectivity index (χ3n) is 2.47. The van der Waals surface area contributed by atoms with Crippen molar-refractivity contribution in [2.75, 3.05) is 12.5 Å². The van der Waals surface area contributed by atoms with Gasteiger partial charge in [-0.15, -0.1) is 0 Å². The first-order valence-corrected chi connectivity index (χ1v) is 5.74. The zero-order valence-electron chi connectivity index (χ0n) is 11.0. The molecule has 1 aromatic carbocycles. The Bertz CT molecular complexity index is 666. The first-order valence-electron chi connectivity index (χ1n) is 5.74. The molecule has 0 aliphatic rings. The Hall–Kier alpha value is -2.85. The Labute approximate surface area is 116 Å². The topological polar surface area (TPSA) is 106 Å². The van der Waals surface area contributed by atoms with Gasteiger partial charge in [-0.1, -0.05) is 0 Å². The monoisotopic (exact) mass is 271 g/mol. The van der Waals surface area contributed by atoms with Crippen LogP contribution in [0.4, 0.5) is 5.95 Å². The number of hydrogen-bond acceptors (Lipinski definition) is 7. The van der Waals surface area contributed by atoms with Crippen LogP contribution in [0.1, 0.15) is 11.3 Å². The molecule has 20 heavy (non-hydrogen) atoms. The van der Waals surface area contributed by atoms with Crippen LogP contribution < -0.4 is 20.7 Å². The molecule has 0 spiro atoms. The molecule has 2 aromatic rings. The first-order chi connectivity index (χ1) is 9.66. The van der Waals surface area contributed by atoms with Crippen LogP contribution in [0.5, 0.6) is 17.4 Å². The van der Waals surface area contributed by atoms with Crippen LogP contribution in [0.2, 0.25) is 0 Å². The van der Waals surface area contributed by atoms with Gasteiger partial charge in [-0.25, -0.2) is 10.8 Å². The summed E-state index contributed by atoms with van der Waals surface area (Å²) in [6, 6.07) is 8.56. The molecule has 0 amide bonds. The fourth-order valence-electron chi connectivity index (χ4n) is 1.59. The predicted molar refractivity (Wildman–Crippen MR) is 72.4 cm³/mol. The average Bonchev–Trinajstić information content (AvgIpc) is 2.47. The number of anilines is 1. The highest BCUT2D eigenvalue weighted by Gasteiger charge is 2.09. The number of aryl methyl sites for hydroxylation is 1. The van der Waals surface area contributed by atoms with Crippen molar-refractivity contribution in [2.24, 2.45) is 5.84 Å². The number of hydrazine groups is 1. The van der Waals surface area contributed by atoms with Crippen LogP contribution in [0.25, 0.3) is 0 Å². The Balaban J connectivity index is 2.34. The van der Waals surface area contributed by atoms with Gasteiger partial charge in [0.05, 0.1) is 18.7 Å². The number of nitrogens with one attached hydrogen (secondary N) is 1. The van der Waals surface area contributed by atoms with Gasteiger partial charge in [0, 0.05) is 17.8 Å². The van der Waals surface area contributed by atoms with Crippen molar-refractivity contribution in [3.8, 4) is 23.4 Å². The summed E-state index contributed by atoms with van der Waals surface area (Å²) < 4.78 is 10.8. The van der Waals surface area contributed by atoms with Crippen LogP contribution in [-0.4, -0.2) is 17.1 Å². The molecule has 0 aliphatic heterocycles. The first kappa shape index (κ1) is 13.6. The summed E-state index contributed by atoms with van der Waals surface area (Å²) in [5.74, 6) is 6.77. The van der Waals surface area contributed by atoms with E-state index in [9.17, 15) is 0 Å². The second kappa shape index (κ2) is 5.86.